The summed E-state index contributed by atoms with van der Waals surface area (Å²) in [6, 6.07) is 8.14. The highest BCUT2D eigenvalue weighted by Gasteiger charge is 2.47. The minimum absolute atomic E-state index is 0.255. The molecule has 122 valence electrons. The Balaban J connectivity index is 1.94. The van der Waals surface area contributed by atoms with Gasteiger partial charge in [0.2, 0.25) is 6.23 Å². The first-order chi connectivity index (χ1) is 11.6. The zero-order valence-electron chi connectivity index (χ0n) is 12.8. The summed E-state index contributed by atoms with van der Waals surface area (Å²) in [5.74, 6) is -0.0842. The van der Waals surface area contributed by atoms with Crippen LogP contribution in [0.25, 0.3) is 0 Å². The molecule has 6 nitrogen and oxygen atoms in total. The summed E-state index contributed by atoms with van der Waals surface area (Å²) >= 11 is 5.95. The molecule has 2 aromatic carbocycles. The Labute approximate surface area is 142 Å². The van der Waals surface area contributed by atoms with Crippen LogP contribution in [0, 0.1) is 0 Å². The van der Waals surface area contributed by atoms with E-state index in [2.05, 4.69) is 0 Å². The minimum Gasteiger partial charge on any atom is -0.493 e. The normalized spacial score (nSPS) is 17.8. The topological polar surface area (TPSA) is 65.1 Å². The first-order valence-corrected chi connectivity index (χ1v) is 7.53. The van der Waals surface area contributed by atoms with Crippen LogP contribution < -0.4 is 14.4 Å². The van der Waals surface area contributed by atoms with Crippen molar-refractivity contribution in [1.29, 1.82) is 0 Å². The Hall–Kier alpha value is -2.73. The molecule has 0 saturated carbocycles. The maximum absolute atomic E-state index is 13.0. The number of rotatable bonds is 2. The van der Waals surface area contributed by atoms with Crippen molar-refractivity contribution in [3.63, 3.8) is 0 Å². The molecule has 7 heteroatoms. The highest BCUT2D eigenvalue weighted by Crippen LogP contribution is 2.48. The number of hydrogen-bond donors (Lipinski definition) is 0. The van der Waals surface area contributed by atoms with Gasteiger partial charge >= 0.3 is 5.97 Å². The molecular formula is C17H12ClNO5. The van der Waals surface area contributed by atoms with Crippen LogP contribution in [0.5, 0.6) is 11.5 Å². The van der Waals surface area contributed by atoms with Crippen LogP contribution in [0.3, 0.4) is 0 Å². The average molecular weight is 346 g/mol. The van der Waals surface area contributed by atoms with Crippen LogP contribution in [-0.4, -0.2) is 26.1 Å². The Bertz CT molecular complexity index is 895. The molecule has 0 bridgehead atoms. The molecule has 1 amide bonds. The Morgan fingerprint density at radius 2 is 1.92 bits per heavy atom. The fourth-order valence-electron chi connectivity index (χ4n) is 3.13. The molecule has 2 aliphatic rings. The maximum atomic E-state index is 13.0. The van der Waals surface area contributed by atoms with Crippen LogP contribution in [0.15, 0.2) is 30.3 Å². The Kier molecular flexibility index (Phi) is 3.18. The maximum Gasteiger partial charge on any atom is 0.342 e. The lowest BCUT2D eigenvalue weighted by Gasteiger charge is -2.31. The van der Waals surface area contributed by atoms with Gasteiger partial charge in [-0.1, -0.05) is 11.6 Å². The Morgan fingerprint density at radius 3 is 2.62 bits per heavy atom. The lowest BCUT2D eigenvalue weighted by Crippen LogP contribution is -2.36. The second-order valence-electron chi connectivity index (χ2n) is 5.36. The number of carbonyl (C=O) groups excluding carboxylic acids is 2. The SMILES string of the molecule is COc1ccc2c(c1OC)C(=O)N1c3ccc(Cl)cc3C(=O)O[C@H]21. The van der Waals surface area contributed by atoms with Gasteiger partial charge < -0.3 is 14.2 Å². The first-order valence-electron chi connectivity index (χ1n) is 7.15. The standard InChI is InChI=1S/C17H12ClNO5/c1-22-12-6-4-9-13(14(12)23-2)15(20)19-11-5-3-8(18)7-10(11)17(21)24-16(9)19/h3-7,16H,1-2H3/t16-/m1/s1. The third-order valence-electron chi connectivity index (χ3n) is 4.17. The highest BCUT2D eigenvalue weighted by molar-refractivity contribution is 6.31. The van der Waals surface area contributed by atoms with E-state index in [0.29, 0.717) is 33.3 Å². The van der Waals surface area contributed by atoms with Crippen molar-refractivity contribution in [2.24, 2.45) is 0 Å². The summed E-state index contributed by atoms with van der Waals surface area (Å²) in [6.07, 6.45) is -0.825. The van der Waals surface area contributed by atoms with Crippen molar-refractivity contribution in [2.45, 2.75) is 6.23 Å². The molecule has 24 heavy (non-hydrogen) atoms. The van der Waals surface area contributed by atoms with Gasteiger partial charge in [0.1, 0.15) is 0 Å². The molecule has 0 aliphatic carbocycles. The smallest absolute Gasteiger partial charge is 0.342 e. The quantitative estimate of drug-likeness (QED) is 0.782. The van der Waals surface area contributed by atoms with Gasteiger partial charge in [-0.3, -0.25) is 9.69 Å². The molecule has 2 aromatic rings. The van der Waals surface area contributed by atoms with Crippen LogP contribution in [0.2, 0.25) is 5.02 Å². The number of halogens is 1. The second kappa shape index (κ2) is 5.14. The fourth-order valence-corrected chi connectivity index (χ4v) is 3.31. The number of fused-ring (bicyclic) bond motifs is 5. The predicted molar refractivity (Wildman–Crippen MR) is 86.0 cm³/mol. The third kappa shape index (κ3) is 1.83. The first kappa shape index (κ1) is 14.8. The molecule has 1 atom stereocenters. The lowest BCUT2D eigenvalue weighted by molar-refractivity contribution is 0.0273. The monoisotopic (exact) mass is 345 g/mol. The molecular weight excluding hydrogens is 334 g/mol. The van der Waals surface area contributed by atoms with E-state index >= 15 is 0 Å². The van der Waals surface area contributed by atoms with Gasteiger partial charge in [0, 0.05) is 10.6 Å². The van der Waals surface area contributed by atoms with Gasteiger partial charge in [-0.05, 0) is 30.3 Å². The summed E-state index contributed by atoms with van der Waals surface area (Å²) in [5, 5.41) is 0.396. The fraction of sp³-hybridized carbons (Fsp3) is 0.176. The van der Waals surface area contributed by atoms with Gasteiger partial charge in [-0.2, -0.15) is 0 Å². The molecule has 0 saturated heterocycles. The molecule has 0 spiro atoms. The molecule has 0 fully saturated rings. The van der Waals surface area contributed by atoms with E-state index in [-0.39, 0.29) is 11.5 Å². The summed E-state index contributed by atoms with van der Waals surface area (Å²) in [7, 11) is 2.96. The molecule has 0 aromatic heterocycles. The number of methoxy groups -OCH3 is 2. The highest BCUT2D eigenvalue weighted by atomic mass is 35.5. The molecule has 0 radical (unpaired) electrons. The molecule has 0 N–H and O–H groups in total. The van der Waals surface area contributed by atoms with Crippen molar-refractivity contribution < 1.29 is 23.8 Å². The van der Waals surface area contributed by atoms with E-state index in [1.807, 2.05) is 0 Å². The van der Waals surface area contributed by atoms with E-state index in [1.165, 1.54) is 25.2 Å². The number of esters is 1. The number of amides is 1. The van der Waals surface area contributed by atoms with Crippen molar-refractivity contribution in [3.05, 3.63) is 52.0 Å². The van der Waals surface area contributed by atoms with Gasteiger partial charge in [-0.15, -0.1) is 0 Å². The van der Waals surface area contributed by atoms with Crippen molar-refractivity contribution >= 4 is 29.2 Å². The second-order valence-corrected chi connectivity index (χ2v) is 5.80. The van der Waals surface area contributed by atoms with E-state index in [9.17, 15) is 9.59 Å². The van der Waals surface area contributed by atoms with Crippen molar-refractivity contribution in [2.75, 3.05) is 19.1 Å². The number of ether oxygens (including phenoxy) is 3. The lowest BCUT2D eigenvalue weighted by atomic mass is 10.1. The van der Waals surface area contributed by atoms with E-state index in [1.54, 1.807) is 24.3 Å². The summed E-state index contributed by atoms with van der Waals surface area (Å²) in [4.78, 5) is 26.7. The number of nitrogens with zero attached hydrogens (tertiary/aromatic N) is 1. The molecule has 0 unspecified atom stereocenters. The van der Waals surface area contributed by atoms with Crippen LogP contribution in [0.1, 0.15) is 32.5 Å². The van der Waals surface area contributed by atoms with Gasteiger partial charge in [0.15, 0.2) is 11.5 Å². The predicted octanol–water partition coefficient (Wildman–Crippen LogP) is 3.19. The van der Waals surface area contributed by atoms with Gasteiger partial charge in [0.05, 0.1) is 31.0 Å². The van der Waals surface area contributed by atoms with Crippen molar-refractivity contribution in [1.82, 2.24) is 0 Å². The number of anilines is 1. The molecule has 2 aliphatic heterocycles. The molecule has 4 rings (SSSR count). The van der Waals surface area contributed by atoms with Crippen LogP contribution >= 0.6 is 11.6 Å². The van der Waals surface area contributed by atoms with Gasteiger partial charge in [-0.25, -0.2) is 4.79 Å². The zero-order chi connectivity index (χ0) is 17.0. The molecule has 2 heterocycles. The summed E-state index contributed by atoms with van der Waals surface area (Å²) < 4.78 is 16.1. The van der Waals surface area contributed by atoms with E-state index < -0.39 is 12.2 Å². The number of hydrogen-bond acceptors (Lipinski definition) is 5. The van der Waals surface area contributed by atoms with E-state index in [0.717, 1.165) is 0 Å². The minimum atomic E-state index is -0.825. The zero-order valence-corrected chi connectivity index (χ0v) is 13.6. The van der Waals surface area contributed by atoms with Crippen LogP contribution in [0.4, 0.5) is 5.69 Å². The summed E-state index contributed by atoms with van der Waals surface area (Å²) in [6.45, 7) is 0. The Morgan fingerprint density at radius 1 is 1.12 bits per heavy atom. The van der Waals surface area contributed by atoms with Gasteiger partial charge in [0.25, 0.3) is 5.91 Å². The largest absolute Gasteiger partial charge is 0.493 e. The average Bonchev–Trinajstić information content (AvgIpc) is 2.87. The number of carbonyl (C=O) groups is 2. The van der Waals surface area contributed by atoms with Crippen LogP contribution in [-0.2, 0) is 4.74 Å². The third-order valence-corrected chi connectivity index (χ3v) is 4.40. The van der Waals surface area contributed by atoms with E-state index in [4.69, 9.17) is 25.8 Å². The number of benzene rings is 2. The summed E-state index contributed by atoms with van der Waals surface area (Å²) in [5.41, 5.74) is 1.61. The van der Waals surface area contributed by atoms with Crippen molar-refractivity contribution in [3.8, 4) is 11.5 Å².